The Kier molecular flexibility index (Phi) is 10.5. The van der Waals surface area contributed by atoms with Gasteiger partial charge >= 0.3 is 6.03 Å². The van der Waals surface area contributed by atoms with Gasteiger partial charge in [-0.2, -0.15) is 5.10 Å². The smallest absolute Gasteiger partial charge is 0.324 e. The van der Waals surface area contributed by atoms with Gasteiger partial charge in [-0.3, -0.25) is 10.1 Å². The minimum atomic E-state index is -0.391. The van der Waals surface area contributed by atoms with Crippen LogP contribution in [-0.2, 0) is 21.6 Å². The number of pyridine rings is 1. The van der Waals surface area contributed by atoms with Crippen molar-refractivity contribution < 1.29 is 19.1 Å². The number of nitrogens with zero attached hydrogens (tertiary/aromatic N) is 3. The molecule has 4 N–H and O–H groups in total. The van der Waals surface area contributed by atoms with E-state index in [-0.39, 0.29) is 24.5 Å². The molecule has 244 valence electrons. The molecular formula is C36H41N7O4. The van der Waals surface area contributed by atoms with E-state index in [1.807, 2.05) is 79.7 Å². The van der Waals surface area contributed by atoms with Crippen molar-refractivity contribution >= 4 is 40.0 Å². The Bertz CT molecular complexity index is 1840. The second kappa shape index (κ2) is 14.9. The average Bonchev–Trinajstić information content (AvgIpc) is 3.47. The summed E-state index contributed by atoms with van der Waals surface area (Å²) in [6.45, 7) is 9.81. The molecule has 3 amide bonds. The molecule has 0 fully saturated rings. The third-order valence-corrected chi connectivity index (χ3v) is 7.38. The Labute approximate surface area is 274 Å². The number of hydrogen-bond acceptors (Lipinski definition) is 7. The van der Waals surface area contributed by atoms with Crippen LogP contribution in [0.25, 0.3) is 16.5 Å². The van der Waals surface area contributed by atoms with Crippen LogP contribution >= 0.6 is 0 Å². The Morgan fingerprint density at radius 2 is 1.66 bits per heavy atom. The van der Waals surface area contributed by atoms with Crippen molar-refractivity contribution in [1.82, 2.24) is 20.1 Å². The molecule has 47 heavy (non-hydrogen) atoms. The topological polar surface area (TPSA) is 131 Å². The van der Waals surface area contributed by atoms with Gasteiger partial charge in [0.05, 0.1) is 30.2 Å². The number of urea groups is 1. The lowest BCUT2D eigenvalue weighted by molar-refractivity contribution is -0.115. The molecule has 11 heteroatoms. The van der Waals surface area contributed by atoms with Gasteiger partial charge in [0.1, 0.15) is 24.0 Å². The predicted octanol–water partition coefficient (Wildman–Crippen LogP) is 6.42. The van der Waals surface area contributed by atoms with Crippen LogP contribution in [0.4, 0.5) is 22.1 Å². The predicted molar refractivity (Wildman–Crippen MR) is 186 cm³/mol. The molecule has 3 aromatic carbocycles. The Hall–Kier alpha value is -5.26. The lowest BCUT2D eigenvalue weighted by atomic mass is 9.92. The van der Waals surface area contributed by atoms with E-state index in [0.717, 1.165) is 33.3 Å². The fourth-order valence-electron chi connectivity index (χ4n) is 4.85. The minimum Gasteiger partial charge on any atom is -0.488 e. The second-order valence-corrected chi connectivity index (χ2v) is 12.2. The zero-order valence-electron chi connectivity index (χ0n) is 27.4. The van der Waals surface area contributed by atoms with E-state index in [9.17, 15) is 9.59 Å². The molecule has 0 atom stereocenters. The maximum Gasteiger partial charge on any atom is 0.324 e. The number of hydrogen-bond donors (Lipinski definition) is 4. The highest BCUT2D eigenvalue weighted by Crippen LogP contribution is 2.33. The van der Waals surface area contributed by atoms with E-state index in [1.54, 1.807) is 24.1 Å². The fraction of sp³-hybridized carbons (Fsp3) is 0.278. The Balaban J connectivity index is 1.28. The van der Waals surface area contributed by atoms with Gasteiger partial charge < -0.3 is 25.4 Å². The molecule has 0 aliphatic rings. The molecule has 5 aromatic rings. The molecule has 2 aromatic heterocycles. The summed E-state index contributed by atoms with van der Waals surface area (Å²) in [6.07, 6.45) is 1.63. The SMILES string of the molecule is COCCNCC(=O)Nc1cc(COc2ccc(NC(=O)Nc3cc(C(C)(C)C)nn3-c3ccc(C)cc3)c3ccccc23)ccn1. The largest absolute Gasteiger partial charge is 0.488 e. The molecule has 0 spiro atoms. The molecule has 11 nitrogen and oxygen atoms in total. The van der Waals surface area contributed by atoms with Gasteiger partial charge in [0.25, 0.3) is 0 Å². The molecule has 0 saturated heterocycles. The molecule has 2 heterocycles. The number of amides is 3. The van der Waals surface area contributed by atoms with Crippen LogP contribution < -0.4 is 26.0 Å². The van der Waals surface area contributed by atoms with Gasteiger partial charge in [0.15, 0.2) is 0 Å². The number of methoxy groups -OCH3 is 1. The maximum atomic E-state index is 13.4. The first-order valence-corrected chi connectivity index (χ1v) is 15.5. The van der Waals surface area contributed by atoms with Crippen LogP contribution in [0, 0.1) is 6.92 Å². The molecule has 0 aliphatic carbocycles. The van der Waals surface area contributed by atoms with Gasteiger partial charge in [-0.05, 0) is 48.9 Å². The van der Waals surface area contributed by atoms with Gasteiger partial charge in [-0.1, -0.05) is 62.7 Å². The number of fused-ring (bicyclic) bond motifs is 1. The van der Waals surface area contributed by atoms with Crippen LogP contribution in [0.5, 0.6) is 5.75 Å². The Morgan fingerprint density at radius 3 is 2.40 bits per heavy atom. The van der Waals surface area contributed by atoms with Crippen molar-refractivity contribution in [3.05, 3.63) is 102 Å². The lowest BCUT2D eigenvalue weighted by Crippen LogP contribution is -2.30. The van der Waals surface area contributed by atoms with E-state index in [4.69, 9.17) is 14.6 Å². The highest BCUT2D eigenvalue weighted by atomic mass is 16.5. The third kappa shape index (κ3) is 8.72. The zero-order chi connectivity index (χ0) is 33.4. The van der Waals surface area contributed by atoms with Gasteiger partial charge in [-0.25, -0.2) is 14.5 Å². The fourth-order valence-corrected chi connectivity index (χ4v) is 4.85. The van der Waals surface area contributed by atoms with E-state index >= 15 is 0 Å². The second-order valence-electron chi connectivity index (χ2n) is 12.2. The number of ether oxygens (including phenoxy) is 2. The summed E-state index contributed by atoms with van der Waals surface area (Å²) >= 11 is 0. The number of carbonyl (C=O) groups is 2. The van der Waals surface area contributed by atoms with Crippen LogP contribution in [0.2, 0.25) is 0 Å². The highest BCUT2D eigenvalue weighted by molar-refractivity contribution is 6.07. The van der Waals surface area contributed by atoms with E-state index in [1.165, 1.54) is 0 Å². The molecule has 5 rings (SSSR count). The summed E-state index contributed by atoms with van der Waals surface area (Å²) in [7, 11) is 1.61. The normalized spacial score (nSPS) is 11.3. The van der Waals surface area contributed by atoms with Crippen molar-refractivity contribution in [2.75, 3.05) is 42.8 Å². The summed E-state index contributed by atoms with van der Waals surface area (Å²) in [5.74, 6) is 1.47. The van der Waals surface area contributed by atoms with Crippen LogP contribution in [-0.4, -0.2) is 53.5 Å². The first-order valence-electron chi connectivity index (χ1n) is 15.5. The minimum absolute atomic E-state index is 0.157. The number of benzene rings is 3. The van der Waals surface area contributed by atoms with E-state index in [0.29, 0.717) is 36.2 Å². The number of rotatable bonds is 12. The quantitative estimate of drug-likeness (QED) is 0.116. The van der Waals surface area contributed by atoms with Gasteiger partial charge in [0.2, 0.25) is 5.91 Å². The lowest BCUT2D eigenvalue weighted by Gasteiger charge is -2.15. The van der Waals surface area contributed by atoms with Gasteiger partial charge in [-0.15, -0.1) is 0 Å². The summed E-state index contributed by atoms with van der Waals surface area (Å²) in [6, 6.07) is 24.5. The van der Waals surface area contributed by atoms with Crippen molar-refractivity contribution in [3.8, 4) is 11.4 Å². The van der Waals surface area contributed by atoms with Crippen molar-refractivity contribution in [2.45, 2.75) is 39.7 Å². The first-order chi connectivity index (χ1) is 22.6. The molecule has 0 bridgehead atoms. The van der Waals surface area contributed by atoms with Crippen LogP contribution in [0.1, 0.15) is 37.6 Å². The number of aromatic nitrogens is 3. The molecule has 0 radical (unpaired) electrons. The zero-order valence-corrected chi connectivity index (χ0v) is 27.4. The first kappa shape index (κ1) is 33.1. The molecule has 0 saturated carbocycles. The summed E-state index contributed by atoms with van der Waals surface area (Å²) in [5.41, 5.74) is 4.12. The summed E-state index contributed by atoms with van der Waals surface area (Å²) < 4.78 is 12.9. The van der Waals surface area contributed by atoms with Crippen molar-refractivity contribution in [1.29, 1.82) is 0 Å². The molecule has 0 aliphatic heterocycles. The standard InChI is InChI=1S/C36H41N7O4/c1-24-10-12-26(13-11-24)43-33(21-31(42-43)36(2,3)4)41-35(45)39-29-14-15-30(28-9-7-6-8-27(28)29)47-23-25-16-17-38-32(20-25)40-34(44)22-37-18-19-46-5/h6-17,20-21,37H,18-19,22-23H2,1-5H3,(H,38,40,44)(H2,39,41,45). The van der Waals surface area contributed by atoms with Crippen molar-refractivity contribution in [2.24, 2.45) is 0 Å². The highest BCUT2D eigenvalue weighted by Gasteiger charge is 2.22. The number of aryl methyl sites for hydroxylation is 1. The van der Waals surface area contributed by atoms with Crippen LogP contribution in [0.3, 0.4) is 0 Å². The number of carbonyl (C=O) groups excluding carboxylic acids is 2. The molecule has 0 unspecified atom stereocenters. The number of anilines is 3. The third-order valence-electron chi connectivity index (χ3n) is 7.38. The van der Waals surface area contributed by atoms with E-state index < -0.39 is 6.03 Å². The van der Waals surface area contributed by atoms with Gasteiger partial charge in [0, 0.05) is 42.1 Å². The van der Waals surface area contributed by atoms with Crippen LogP contribution in [0.15, 0.2) is 85.1 Å². The maximum absolute atomic E-state index is 13.4. The van der Waals surface area contributed by atoms with Crippen molar-refractivity contribution in [3.63, 3.8) is 0 Å². The summed E-state index contributed by atoms with van der Waals surface area (Å²) in [4.78, 5) is 29.9. The summed E-state index contributed by atoms with van der Waals surface area (Å²) in [5, 5.41) is 18.3. The monoisotopic (exact) mass is 635 g/mol. The van der Waals surface area contributed by atoms with E-state index in [2.05, 4.69) is 47.0 Å². The number of nitrogens with one attached hydrogen (secondary N) is 4. The molecular weight excluding hydrogens is 594 g/mol. The average molecular weight is 636 g/mol. The Morgan fingerprint density at radius 1 is 0.894 bits per heavy atom.